The van der Waals surface area contributed by atoms with Gasteiger partial charge in [0.15, 0.2) is 0 Å². The van der Waals surface area contributed by atoms with Crippen LogP contribution in [0.3, 0.4) is 0 Å². The third-order valence-electron chi connectivity index (χ3n) is 4.65. The van der Waals surface area contributed by atoms with E-state index in [1.165, 1.54) is 40.2 Å². The Hall–Kier alpha value is -1.60. The van der Waals surface area contributed by atoms with E-state index in [0.717, 1.165) is 8.58 Å². The van der Waals surface area contributed by atoms with Crippen LogP contribution in [0.25, 0.3) is 0 Å². The third-order valence-corrected chi connectivity index (χ3v) is 8.50. The van der Waals surface area contributed by atoms with Crippen molar-refractivity contribution in [1.29, 1.82) is 0 Å². The van der Waals surface area contributed by atoms with Crippen LogP contribution >= 0.6 is 16.5 Å². The van der Waals surface area contributed by atoms with Gasteiger partial charge in [0.1, 0.15) is 0 Å². The molecule has 0 spiro atoms. The van der Waals surface area contributed by atoms with E-state index >= 15 is 0 Å². The maximum absolute atomic E-state index is 3.11. The molecule has 0 N–H and O–H groups in total. The van der Waals surface area contributed by atoms with Crippen molar-refractivity contribution in [3.05, 3.63) is 121 Å². The van der Waals surface area contributed by atoms with Gasteiger partial charge in [0, 0.05) is 20.4 Å². The van der Waals surface area contributed by atoms with Crippen molar-refractivity contribution < 1.29 is 20.4 Å². The average molecular weight is 534 g/mol. The molecule has 4 aromatic carbocycles. The summed E-state index contributed by atoms with van der Waals surface area (Å²) in [5.74, 6) is 0. The zero-order valence-electron chi connectivity index (χ0n) is 17.9. The molecule has 1 unspecified atom stereocenters. The molecular formula is C28H29P2Pd-. The van der Waals surface area contributed by atoms with E-state index in [2.05, 4.69) is 116 Å². The molecule has 0 saturated heterocycles. The minimum absolute atomic E-state index is 0. The van der Waals surface area contributed by atoms with Crippen LogP contribution in [0.15, 0.2) is 115 Å². The minimum atomic E-state index is -0.177. The Morgan fingerprint density at radius 3 is 1.58 bits per heavy atom. The molecule has 4 aromatic rings. The van der Waals surface area contributed by atoms with Gasteiger partial charge in [-0.3, -0.25) is 0 Å². The van der Waals surface area contributed by atoms with Crippen molar-refractivity contribution in [2.45, 2.75) is 19.8 Å². The van der Waals surface area contributed by atoms with Gasteiger partial charge in [0.25, 0.3) is 0 Å². The van der Waals surface area contributed by atoms with Crippen molar-refractivity contribution in [2.24, 2.45) is 0 Å². The van der Waals surface area contributed by atoms with Gasteiger partial charge in [-0.05, 0) is 28.5 Å². The van der Waals surface area contributed by atoms with Gasteiger partial charge in [-0.25, -0.2) is 0 Å². The summed E-state index contributed by atoms with van der Waals surface area (Å²) in [5.41, 5.74) is 0. The first-order valence-corrected chi connectivity index (χ1v) is 13.1. The topological polar surface area (TPSA) is 0 Å². The molecule has 3 heteroatoms. The maximum atomic E-state index is 3.11. The second-order valence-electron chi connectivity index (χ2n) is 6.96. The molecule has 0 aromatic heterocycles. The molecule has 0 radical (unpaired) electrons. The van der Waals surface area contributed by atoms with Gasteiger partial charge in [-0.2, -0.15) is 30.3 Å². The Morgan fingerprint density at radius 2 is 1.10 bits per heavy atom. The van der Waals surface area contributed by atoms with Crippen molar-refractivity contribution in [3.63, 3.8) is 0 Å². The molecule has 0 aliphatic heterocycles. The molecular weight excluding hydrogens is 505 g/mol. The van der Waals surface area contributed by atoms with E-state index in [1.54, 1.807) is 0 Å². The maximum Gasteiger partial charge on any atom is 0 e. The van der Waals surface area contributed by atoms with Gasteiger partial charge < -0.3 is 0 Å². The van der Waals surface area contributed by atoms with Gasteiger partial charge in [0.05, 0.1) is 0 Å². The van der Waals surface area contributed by atoms with Crippen molar-refractivity contribution in [2.75, 3.05) is 6.16 Å². The minimum Gasteiger partial charge on any atom is -0.184 e. The standard InChI is InChI=1S/C16H18P.C12H11P.Pd/c1-2-3-14-17(15-10-6-4-7-11-15)16-12-8-5-9-13-16;1-3-7-11(8-4-1)13-12-9-5-2-6-10-12;/h4,6-13H,2-3,14H2,1H3;1-10,13H;/q-1;;. The van der Waals surface area contributed by atoms with Gasteiger partial charge in [-0.1, -0.05) is 121 Å². The van der Waals surface area contributed by atoms with E-state index in [4.69, 9.17) is 0 Å². The smallest absolute Gasteiger partial charge is 0 e. The summed E-state index contributed by atoms with van der Waals surface area (Å²) >= 11 is 0. The van der Waals surface area contributed by atoms with Crippen LogP contribution in [0.1, 0.15) is 19.8 Å². The number of rotatable bonds is 7. The summed E-state index contributed by atoms with van der Waals surface area (Å²) in [6.07, 6.45) is 3.86. The van der Waals surface area contributed by atoms with Gasteiger partial charge in [-0.15, -0.1) is 5.30 Å². The molecule has 1 atom stereocenters. The Bertz CT molecular complexity index is 868. The van der Waals surface area contributed by atoms with Crippen LogP contribution in [0.2, 0.25) is 0 Å². The monoisotopic (exact) mass is 533 g/mol. The predicted octanol–water partition coefficient (Wildman–Crippen LogP) is 6.03. The van der Waals surface area contributed by atoms with Crippen LogP contribution in [0, 0.1) is 6.07 Å². The summed E-state index contributed by atoms with van der Waals surface area (Å²) < 4.78 is 0. The number of hydrogen-bond acceptors (Lipinski definition) is 0. The Morgan fingerprint density at radius 1 is 0.645 bits per heavy atom. The molecule has 4 rings (SSSR count). The largest absolute Gasteiger partial charge is 0.184 e. The molecule has 0 saturated carbocycles. The molecule has 0 aliphatic carbocycles. The van der Waals surface area contributed by atoms with E-state index in [0.29, 0.717) is 0 Å². The molecule has 0 aliphatic rings. The average Bonchev–Trinajstić information content (AvgIpc) is 2.83. The normalized spacial score (nSPS) is 10.9. The van der Waals surface area contributed by atoms with Crippen LogP contribution in [-0.4, -0.2) is 6.16 Å². The summed E-state index contributed by atoms with van der Waals surface area (Å²) in [4.78, 5) is 0. The van der Waals surface area contributed by atoms with Crippen molar-refractivity contribution in [3.8, 4) is 0 Å². The SMILES string of the molecule is CCCCP(c1cc[c-]cc1)c1ccccc1.[Pd].c1ccc(Pc2ccccc2)cc1. The fourth-order valence-electron chi connectivity index (χ4n) is 3.10. The third kappa shape index (κ3) is 9.20. The number of benzene rings is 4. The van der Waals surface area contributed by atoms with Crippen LogP contribution < -0.4 is 21.2 Å². The Kier molecular flexibility index (Phi) is 12.6. The molecule has 0 nitrogen and oxygen atoms in total. The predicted molar refractivity (Wildman–Crippen MR) is 138 cm³/mol. The number of hydrogen-bond donors (Lipinski definition) is 0. The first-order chi connectivity index (χ1) is 14.9. The quantitative estimate of drug-likeness (QED) is 0.155. The first-order valence-electron chi connectivity index (χ1n) is 10.5. The molecule has 0 fully saturated rings. The first kappa shape index (κ1) is 25.7. The van der Waals surface area contributed by atoms with Crippen molar-refractivity contribution >= 4 is 37.7 Å². The Labute approximate surface area is 204 Å². The van der Waals surface area contributed by atoms with Crippen molar-refractivity contribution in [1.82, 2.24) is 0 Å². The molecule has 31 heavy (non-hydrogen) atoms. The summed E-state index contributed by atoms with van der Waals surface area (Å²) in [5, 5.41) is 5.75. The van der Waals surface area contributed by atoms with Crippen LogP contribution in [0.4, 0.5) is 0 Å². The van der Waals surface area contributed by atoms with Gasteiger partial charge in [0.2, 0.25) is 0 Å². The molecule has 0 amide bonds. The molecule has 0 bridgehead atoms. The summed E-state index contributed by atoms with van der Waals surface area (Å²) in [6.45, 7) is 2.26. The second-order valence-corrected chi connectivity index (χ2v) is 10.7. The van der Waals surface area contributed by atoms with E-state index in [1.807, 2.05) is 12.1 Å². The number of unbranched alkanes of at least 4 members (excludes halogenated alkanes) is 1. The van der Waals surface area contributed by atoms with Crippen LogP contribution in [-0.2, 0) is 20.4 Å². The zero-order chi connectivity index (χ0) is 20.9. The van der Waals surface area contributed by atoms with E-state index in [9.17, 15) is 0 Å². The fraction of sp³-hybridized carbons (Fsp3) is 0.143. The summed E-state index contributed by atoms with van der Waals surface area (Å²) in [6, 6.07) is 43.7. The second kappa shape index (κ2) is 15.2. The fourth-order valence-corrected chi connectivity index (χ4v) is 6.64. The molecule has 0 heterocycles. The Balaban J connectivity index is 0.000000220. The van der Waals surface area contributed by atoms with Gasteiger partial charge >= 0.3 is 0 Å². The molecule has 162 valence electrons. The summed E-state index contributed by atoms with van der Waals surface area (Å²) in [7, 11) is 0.600. The zero-order valence-corrected chi connectivity index (χ0v) is 21.3. The van der Waals surface area contributed by atoms with Crippen LogP contribution in [0.5, 0.6) is 0 Å². The van der Waals surface area contributed by atoms with E-state index < -0.39 is 0 Å². The van der Waals surface area contributed by atoms with E-state index in [-0.39, 0.29) is 28.3 Å².